The van der Waals surface area contributed by atoms with Crippen LogP contribution in [0.25, 0.3) is 0 Å². The fraction of sp³-hybridized carbons (Fsp3) is 0.750. The molecular weight excluding hydrogens is 284 g/mol. The molecule has 21 heavy (non-hydrogen) atoms. The molecule has 0 spiro atoms. The maximum absolute atomic E-state index is 12.9. The quantitative estimate of drug-likeness (QED) is 0.645. The molecule has 122 valence electrons. The first-order chi connectivity index (χ1) is 10.1. The van der Waals surface area contributed by atoms with Crippen molar-refractivity contribution >= 4 is 11.2 Å². The van der Waals surface area contributed by atoms with Crippen molar-refractivity contribution < 1.29 is 8.95 Å². The molecule has 1 aliphatic rings. The predicted octanol–water partition coefficient (Wildman–Crippen LogP) is 2.91. The van der Waals surface area contributed by atoms with E-state index in [-0.39, 0.29) is 0 Å². The van der Waals surface area contributed by atoms with E-state index in [9.17, 15) is 4.21 Å². The van der Waals surface area contributed by atoms with Crippen LogP contribution in [0.1, 0.15) is 40.5 Å². The van der Waals surface area contributed by atoms with E-state index >= 15 is 0 Å². The minimum absolute atomic E-state index is 0.290. The van der Waals surface area contributed by atoms with Gasteiger partial charge >= 0.3 is 0 Å². The Morgan fingerprint density at radius 2 is 2.05 bits per heavy atom. The third kappa shape index (κ3) is 6.02. The smallest absolute Gasteiger partial charge is 0.173 e. The summed E-state index contributed by atoms with van der Waals surface area (Å²) in [6, 6.07) is 0.290. The molecule has 1 fully saturated rings. The first-order valence-corrected chi connectivity index (χ1v) is 9.03. The van der Waals surface area contributed by atoms with Gasteiger partial charge < -0.3 is 4.74 Å². The van der Waals surface area contributed by atoms with E-state index in [0.717, 1.165) is 32.5 Å². The van der Waals surface area contributed by atoms with Crippen LogP contribution < -0.4 is 0 Å². The summed E-state index contributed by atoms with van der Waals surface area (Å²) in [6.07, 6.45) is 8.42. The molecule has 4 nitrogen and oxygen atoms in total. The molecule has 0 N–H and O–H groups in total. The Morgan fingerprint density at radius 3 is 2.57 bits per heavy atom. The fourth-order valence-corrected chi connectivity index (χ4v) is 3.58. The third-order valence-corrected chi connectivity index (χ3v) is 5.45. The third-order valence-electron chi connectivity index (χ3n) is 3.75. The minimum atomic E-state index is -1.09. The van der Waals surface area contributed by atoms with Crippen molar-refractivity contribution in [1.82, 2.24) is 8.61 Å². The van der Waals surface area contributed by atoms with Crippen LogP contribution in [-0.4, -0.2) is 51.7 Å². The number of rotatable bonds is 8. The lowest BCUT2D eigenvalue weighted by molar-refractivity contribution is 0.0726. The molecule has 0 aromatic carbocycles. The molecule has 0 amide bonds. The molecule has 1 aliphatic heterocycles. The zero-order valence-corrected chi connectivity index (χ0v) is 14.7. The topological polar surface area (TPSA) is 32.8 Å². The highest BCUT2D eigenvalue weighted by atomic mass is 32.2. The van der Waals surface area contributed by atoms with Crippen molar-refractivity contribution in [3.8, 4) is 0 Å². The van der Waals surface area contributed by atoms with Gasteiger partial charge in [-0.3, -0.25) is 0 Å². The maximum atomic E-state index is 12.9. The fourth-order valence-electron chi connectivity index (χ4n) is 2.11. The molecule has 1 saturated heterocycles. The van der Waals surface area contributed by atoms with Crippen molar-refractivity contribution in [2.45, 2.75) is 46.6 Å². The largest absolute Gasteiger partial charge is 0.379 e. The summed E-state index contributed by atoms with van der Waals surface area (Å²) >= 11 is -1.09. The molecule has 2 atom stereocenters. The molecule has 0 bridgehead atoms. The van der Waals surface area contributed by atoms with Crippen molar-refractivity contribution in [2.24, 2.45) is 0 Å². The maximum Gasteiger partial charge on any atom is 0.173 e. The highest BCUT2D eigenvalue weighted by Gasteiger charge is 2.26. The monoisotopic (exact) mass is 314 g/mol. The van der Waals surface area contributed by atoms with Crippen LogP contribution >= 0.6 is 0 Å². The first-order valence-electron chi connectivity index (χ1n) is 7.97. The summed E-state index contributed by atoms with van der Waals surface area (Å²) in [4.78, 5) is 0. The molecule has 0 aromatic rings. The summed E-state index contributed by atoms with van der Waals surface area (Å²) in [6.45, 7) is 12.0. The van der Waals surface area contributed by atoms with Crippen LogP contribution in [0.3, 0.4) is 0 Å². The average molecular weight is 314 g/mol. The SMILES string of the molecule is C/C=C(\C=C/CC)CN([C@H](C)CC)S(=O)N1CCOCC1. The number of morpholine rings is 1. The second kappa shape index (κ2) is 10.3. The van der Waals surface area contributed by atoms with Gasteiger partial charge in [0.2, 0.25) is 0 Å². The molecule has 1 rings (SSSR count). The first kappa shape index (κ1) is 18.6. The Labute approximate surface area is 132 Å². The standard InChI is InChI=1S/C16H30N2O2S/c1-5-8-9-16(7-3)14-18(15(4)6-2)21(19)17-10-12-20-13-11-17/h7-9,15H,5-6,10-14H2,1-4H3/b9-8-,16-7+/t15-,21?/m1/s1. The van der Waals surface area contributed by atoms with Crippen molar-refractivity contribution in [2.75, 3.05) is 32.8 Å². The van der Waals surface area contributed by atoms with Crippen molar-refractivity contribution in [3.05, 3.63) is 23.8 Å². The molecule has 0 aromatic heterocycles. The number of hydrogen-bond acceptors (Lipinski definition) is 2. The number of nitrogens with zero attached hydrogens (tertiary/aromatic N) is 2. The second-order valence-electron chi connectivity index (χ2n) is 5.28. The zero-order valence-electron chi connectivity index (χ0n) is 13.9. The van der Waals surface area contributed by atoms with Gasteiger partial charge in [-0.25, -0.2) is 12.8 Å². The van der Waals surface area contributed by atoms with E-state index in [1.165, 1.54) is 5.57 Å². The summed E-state index contributed by atoms with van der Waals surface area (Å²) in [5.74, 6) is 0. The van der Waals surface area contributed by atoms with Crippen molar-refractivity contribution in [3.63, 3.8) is 0 Å². The predicted molar refractivity (Wildman–Crippen MR) is 90.2 cm³/mol. The number of hydrogen-bond donors (Lipinski definition) is 0. The molecule has 0 radical (unpaired) electrons. The van der Waals surface area contributed by atoms with Gasteiger partial charge in [0.1, 0.15) is 0 Å². The van der Waals surface area contributed by atoms with E-state index in [2.05, 4.69) is 43.3 Å². The minimum Gasteiger partial charge on any atom is -0.379 e. The Hall–Kier alpha value is -0.490. The highest BCUT2D eigenvalue weighted by molar-refractivity contribution is 7.80. The van der Waals surface area contributed by atoms with Crippen LogP contribution in [0.2, 0.25) is 0 Å². The summed E-state index contributed by atoms with van der Waals surface area (Å²) in [5, 5.41) is 0. The molecule has 5 heteroatoms. The van der Waals surface area contributed by atoms with Gasteiger partial charge in [0.15, 0.2) is 11.2 Å². The summed E-state index contributed by atoms with van der Waals surface area (Å²) in [7, 11) is 0. The van der Waals surface area contributed by atoms with Crippen LogP contribution in [0.5, 0.6) is 0 Å². The van der Waals surface area contributed by atoms with Gasteiger partial charge in [0, 0.05) is 25.7 Å². The zero-order chi connectivity index (χ0) is 15.7. The molecule has 1 heterocycles. The van der Waals surface area contributed by atoms with Crippen LogP contribution in [-0.2, 0) is 15.9 Å². The second-order valence-corrected chi connectivity index (χ2v) is 6.73. The van der Waals surface area contributed by atoms with Gasteiger partial charge in [-0.05, 0) is 32.3 Å². The van der Waals surface area contributed by atoms with Crippen LogP contribution in [0.15, 0.2) is 23.8 Å². The molecule has 0 aliphatic carbocycles. The molecule has 0 saturated carbocycles. The average Bonchev–Trinajstić information content (AvgIpc) is 2.54. The van der Waals surface area contributed by atoms with E-state index in [1.54, 1.807) is 0 Å². The normalized spacial score (nSPS) is 21.1. The van der Waals surface area contributed by atoms with Crippen molar-refractivity contribution in [1.29, 1.82) is 0 Å². The van der Waals surface area contributed by atoms with Gasteiger partial charge in [0.25, 0.3) is 0 Å². The van der Waals surface area contributed by atoms with Crippen LogP contribution in [0, 0.1) is 0 Å². The van der Waals surface area contributed by atoms with Gasteiger partial charge in [0.05, 0.1) is 13.2 Å². The number of allylic oxidation sites excluding steroid dienone is 2. The Kier molecular flexibility index (Phi) is 9.08. The lowest BCUT2D eigenvalue weighted by Gasteiger charge is -2.34. The Balaban J connectivity index is 2.79. The molecule has 1 unspecified atom stereocenters. The van der Waals surface area contributed by atoms with Crippen LogP contribution in [0.4, 0.5) is 0 Å². The molecular formula is C16H30N2O2S. The number of ether oxygens (including phenoxy) is 1. The highest BCUT2D eigenvalue weighted by Crippen LogP contribution is 2.15. The summed E-state index contributed by atoms with van der Waals surface area (Å²) < 4.78 is 22.4. The van der Waals surface area contributed by atoms with E-state index in [1.807, 2.05) is 11.2 Å². The van der Waals surface area contributed by atoms with E-state index in [0.29, 0.717) is 19.3 Å². The van der Waals surface area contributed by atoms with E-state index in [4.69, 9.17) is 4.74 Å². The van der Waals surface area contributed by atoms with E-state index < -0.39 is 11.2 Å². The lowest BCUT2D eigenvalue weighted by Crippen LogP contribution is -2.47. The van der Waals surface area contributed by atoms with Gasteiger partial charge in [-0.15, -0.1) is 0 Å². The van der Waals surface area contributed by atoms with Gasteiger partial charge in [-0.2, -0.15) is 0 Å². The Bertz CT molecular complexity index is 376. The van der Waals surface area contributed by atoms with Gasteiger partial charge in [-0.1, -0.05) is 32.1 Å². The lowest BCUT2D eigenvalue weighted by atomic mass is 10.2. The summed E-state index contributed by atoms with van der Waals surface area (Å²) in [5.41, 5.74) is 1.22. The Morgan fingerprint density at radius 1 is 1.38 bits per heavy atom.